The number of morpholine rings is 1. The Kier molecular flexibility index (Phi) is 7.25. The third kappa shape index (κ3) is 5.41. The first-order chi connectivity index (χ1) is 11.8. The second-order valence-corrected chi connectivity index (χ2v) is 8.61. The Morgan fingerprint density at radius 2 is 1.96 bits per heavy atom. The molecule has 0 saturated carbocycles. The van der Waals surface area contributed by atoms with Crippen molar-refractivity contribution < 1.29 is 22.8 Å². The molecule has 0 unspecified atom stereocenters. The van der Waals surface area contributed by atoms with E-state index in [2.05, 4.69) is 18.6 Å². The van der Waals surface area contributed by atoms with Crippen LogP contribution < -0.4 is 14.4 Å². The molecule has 0 bridgehead atoms. The van der Waals surface area contributed by atoms with Crippen LogP contribution in [-0.4, -0.2) is 54.9 Å². The minimum atomic E-state index is -3.59. The Hall–Kier alpha value is -1.15. The molecule has 2 N–H and O–H groups in total. The molecular weight excluding hydrogens is 340 g/mol. The zero-order valence-corrected chi connectivity index (χ0v) is 16.5. The van der Waals surface area contributed by atoms with Gasteiger partial charge in [-0.05, 0) is 36.1 Å². The van der Waals surface area contributed by atoms with E-state index in [9.17, 15) is 8.42 Å². The fourth-order valence-corrected chi connectivity index (χ4v) is 4.46. The van der Waals surface area contributed by atoms with Crippen molar-refractivity contribution in [1.82, 2.24) is 4.72 Å². The molecule has 0 aromatic heterocycles. The summed E-state index contributed by atoms with van der Waals surface area (Å²) in [5.41, 5.74) is 2.07. The van der Waals surface area contributed by atoms with Crippen molar-refractivity contribution in [2.75, 3.05) is 46.5 Å². The lowest BCUT2D eigenvalue weighted by Gasteiger charge is -2.23. The third-order valence-electron chi connectivity index (χ3n) is 4.66. The van der Waals surface area contributed by atoms with Gasteiger partial charge in [0.1, 0.15) is 23.7 Å². The lowest BCUT2D eigenvalue weighted by Crippen LogP contribution is -3.14. The summed E-state index contributed by atoms with van der Waals surface area (Å²) < 4.78 is 38.8. The predicted molar refractivity (Wildman–Crippen MR) is 98.0 cm³/mol. The smallest absolute Gasteiger partial charge is 0.244 e. The summed E-state index contributed by atoms with van der Waals surface area (Å²) in [5.74, 6) is 0.651. The second-order valence-electron chi connectivity index (χ2n) is 6.88. The highest BCUT2D eigenvalue weighted by Gasteiger charge is 2.22. The van der Waals surface area contributed by atoms with E-state index in [0.29, 0.717) is 12.3 Å². The van der Waals surface area contributed by atoms with E-state index in [1.165, 1.54) is 12.0 Å². The molecule has 2 rings (SSSR count). The minimum Gasteiger partial charge on any atom is -0.495 e. The first-order valence-corrected chi connectivity index (χ1v) is 10.4. The summed E-state index contributed by atoms with van der Waals surface area (Å²) in [6.07, 6.45) is 0.805. The van der Waals surface area contributed by atoms with E-state index in [0.717, 1.165) is 50.4 Å². The molecule has 25 heavy (non-hydrogen) atoms. The molecule has 7 heteroatoms. The maximum Gasteiger partial charge on any atom is 0.244 e. The zero-order valence-electron chi connectivity index (χ0n) is 15.7. The van der Waals surface area contributed by atoms with Gasteiger partial charge in [0.25, 0.3) is 0 Å². The summed E-state index contributed by atoms with van der Waals surface area (Å²) in [5, 5.41) is 0. The maximum absolute atomic E-state index is 12.7. The highest BCUT2D eigenvalue weighted by molar-refractivity contribution is 7.89. The highest BCUT2D eigenvalue weighted by Crippen LogP contribution is 2.30. The van der Waals surface area contributed by atoms with Crippen LogP contribution in [-0.2, 0) is 14.8 Å². The SMILES string of the molecule is COc1cc(C)c(C(C)C)cc1S(=O)(=O)NCCC[NH+]1CCOCC1. The molecule has 1 saturated heterocycles. The molecule has 1 aliphatic rings. The van der Waals surface area contributed by atoms with Gasteiger partial charge in [-0.1, -0.05) is 13.8 Å². The van der Waals surface area contributed by atoms with Gasteiger partial charge in [-0.15, -0.1) is 0 Å². The lowest BCUT2D eigenvalue weighted by molar-refractivity contribution is -0.908. The van der Waals surface area contributed by atoms with Gasteiger partial charge in [0.05, 0.1) is 26.9 Å². The molecule has 1 aliphatic heterocycles. The number of aryl methyl sites for hydroxylation is 1. The molecule has 0 spiro atoms. The van der Waals surface area contributed by atoms with E-state index in [1.54, 1.807) is 6.07 Å². The molecule has 142 valence electrons. The Balaban J connectivity index is 2.03. The van der Waals surface area contributed by atoms with E-state index in [1.807, 2.05) is 13.0 Å². The van der Waals surface area contributed by atoms with E-state index in [-0.39, 0.29) is 10.8 Å². The fraction of sp³-hybridized carbons (Fsp3) is 0.667. The quantitative estimate of drug-likeness (QED) is 0.661. The predicted octanol–water partition coefficient (Wildman–Crippen LogP) is 0.711. The van der Waals surface area contributed by atoms with Gasteiger partial charge in [0.15, 0.2) is 0 Å². The number of hydrogen-bond acceptors (Lipinski definition) is 4. The van der Waals surface area contributed by atoms with E-state index in [4.69, 9.17) is 9.47 Å². The number of methoxy groups -OCH3 is 1. The van der Waals surface area contributed by atoms with Crippen LogP contribution in [0.1, 0.15) is 37.3 Å². The monoisotopic (exact) mass is 371 g/mol. The van der Waals surface area contributed by atoms with Crippen LogP contribution >= 0.6 is 0 Å². The molecule has 0 aliphatic carbocycles. The summed E-state index contributed by atoms with van der Waals surface area (Å²) in [6.45, 7) is 11.1. The van der Waals surface area contributed by atoms with Crippen LogP contribution in [0.4, 0.5) is 0 Å². The topological polar surface area (TPSA) is 69.1 Å². The van der Waals surface area contributed by atoms with Gasteiger partial charge in [-0.3, -0.25) is 0 Å². The van der Waals surface area contributed by atoms with Crippen molar-refractivity contribution in [1.29, 1.82) is 0 Å². The Morgan fingerprint density at radius 1 is 1.28 bits per heavy atom. The number of nitrogens with one attached hydrogen (secondary N) is 2. The fourth-order valence-electron chi connectivity index (χ4n) is 3.20. The van der Waals surface area contributed by atoms with E-state index < -0.39 is 10.0 Å². The van der Waals surface area contributed by atoms with Gasteiger partial charge >= 0.3 is 0 Å². The van der Waals surface area contributed by atoms with Gasteiger partial charge in [-0.2, -0.15) is 0 Å². The molecule has 0 radical (unpaired) electrons. The van der Waals surface area contributed by atoms with Crippen molar-refractivity contribution in [3.63, 3.8) is 0 Å². The van der Waals surface area contributed by atoms with Crippen LogP contribution in [0.5, 0.6) is 5.75 Å². The largest absolute Gasteiger partial charge is 0.495 e. The first kappa shape index (κ1) is 20.2. The zero-order chi connectivity index (χ0) is 18.4. The van der Waals surface area contributed by atoms with Crippen LogP contribution in [0.15, 0.2) is 17.0 Å². The Morgan fingerprint density at radius 3 is 2.56 bits per heavy atom. The molecule has 1 heterocycles. The van der Waals surface area contributed by atoms with Crippen LogP contribution in [0.3, 0.4) is 0 Å². The Bertz CT molecular complexity index is 668. The minimum absolute atomic E-state index is 0.225. The maximum atomic E-state index is 12.7. The lowest BCUT2D eigenvalue weighted by atomic mass is 9.98. The van der Waals surface area contributed by atoms with Crippen molar-refractivity contribution in [3.05, 3.63) is 23.3 Å². The van der Waals surface area contributed by atoms with Crippen molar-refractivity contribution >= 4 is 10.0 Å². The Labute approximate surface area is 151 Å². The first-order valence-electron chi connectivity index (χ1n) is 8.94. The highest BCUT2D eigenvalue weighted by atomic mass is 32.2. The van der Waals surface area contributed by atoms with Gasteiger partial charge in [0.2, 0.25) is 10.0 Å². The van der Waals surface area contributed by atoms with Crippen molar-refractivity contribution in [2.45, 2.75) is 38.0 Å². The van der Waals surface area contributed by atoms with Crippen LogP contribution in [0.25, 0.3) is 0 Å². The van der Waals surface area contributed by atoms with Gasteiger partial charge in [0, 0.05) is 13.0 Å². The molecule has 1 aromatic carbocycles. The molecule has 6 nitrogen and oxygen atoms in total. The molecule has 1 aromatic rings. The van der Waals surface area contributed by atoms with Crippen molar-refractivity contribution in [3.8, 4) is 5.75 Å². The normalized spacial score (nSPS) is 16.4. The number of rotatable bonds is 8. The molecular formula is C18H31N2O4S+. The average molecular weight is 372 g/mol. The molecule has 1 fully saturated rings. The van der Waals surface area contributed by atoms with Crippen LogP contribution in [0.2, 0.25) is 0 Å². The number of ether oxygens (including phenoxy) is 2. The van der Waals surface area contributed by atoms with Gasteiger partial charge in [-0.25, -0.2) is 13.1 Å². The second kappa shape index (κ2) is 8.98. The van der Waals surface area contributed by atoms with Gasteiger partial charge < -0.3 is 14.4 Å². The van der Waals surface area contributed by atoms with E-state index >= 15 is 0 Å². The standard InChI is InChI=1S/C18H30N2O4S/c1-14(2)16-13-18(17(23-4)12-15(16)3)25(21,22)19-6-5-7-20-8-10-24-11-9-20/h12-14,19H,5-11H2,1-4H3/p+1. The number of sulfonamides is 1. The number of hydrogen-bond donors (Lipinski definition) is 2. The van der Waals surface area contributed by atoms with Crippen molar-refractivity contribution in [2.24, 2.45) is 0 Å². The number of quaternary nitrogens is 1. The average Bonchev–Trinajstić information content (AvgIpc) is 2.58. The third-order valence-corrected chi connectivity index (χ3v) is 6.15. The number of benzene rings is 1. The molecule has 0 atom stereocenters. The molecule has 0 amide bonds. The summed E-state index contributed by atoms with van der Waals surface area (Å²) in [6, 6.07) is 3.55. The summed E-state index contributed by atoms with van der Waals surface area (Å²) in [7, 11) is -2.08. The van der Waals surface area contributed by atoms with Crippen LogP contribution in [0, 0.1) is 6.92 Å². The summed E-state index contributed by atoms with van der Waals surface area (Å²) in [4.78, 5) is 1.70. The summed E-state index contributed by atoms with van der Waals surface area (Å²) >= 11 is 0.